The summed E-state index contributed by atoms with van der Waals surface area (Å²) in [7, 11) is 0. The highest BCUT2D eigenvalue weighted by molar-refractivity contribution is 7.80. The van der Waals surface area contributed by atoms with Crippen molar-refractivity contribution in [3.05, 3.63) is 107 Å². The molecule has 2 atom stereocenters. The number of para-hydroxylation sites is 1. The van der Waals surface area contributed by atoms with E-state index in [1.54, 1.807) is 0 Å². The number of benzene rings is 2. The number of nitrogens with zero attached hydrogens (tertiary/aromatic N) is 4. The van der Waals surface area contributed by atoms with Gasteiger partial charge in [-0.15, -0.1) is 0 Å². The third kappa shape index (κ3) is 4.56. The maximum absolute atomic E-state index is 6.95. The van der Waals surface area contributed by atoms with Crippen LogP contribution in [0, 0.1) is 12.8 Å². The van der Waals surface area contributed by atoms with Crippen LogP contribution in [-0.2, 0) is 0 Å². The Balaban J connectivity index is 1.44. The Morgan fingerprint density at radius 1 is 0.921 bits per heavy atom. The van der Waals surface area contributed by atoms with Crippen LogP contribution in [0.1, 0.15) is 48.9 Å². The number of nitrogens with one attached hydrogen (secondary N) is 1. The van der Waals surface area contributed by atoms with Crippen LogP contribution >= 0.6 is 23.8 Å². The highest BCUT2D eigenvalue weighted by atomic mass is 35.5. The molecule has 6 rings (SSSR count). The molecule has 0 bridgehead atoms. The van der Waals surface area contributed by atoms with E-state index in [1.165, 1.54) is 12.8 Å². The molecule has 2 aromatic heterocycles. The number of aromatic nitrogens is 2. The van der Waals surface area contributed by atoms with Gasteiger partial charge in [-0.25, -0.2) is 0 Å². The summed E-state index contributed by atoms with van der Waals surface area (Å²) < 4.78 is 2.31. The number of hydrogen-bond donors (Lipinski definition) is 1. The number of anilines is 2. The Morgan fingerprint density at radius 2 is 1.68 bits per heavy atom. The number of pyridine rings is 1. The fourth-order valence-corrected chi connectivity index (χ4v) is 6.44. The van der Waals surface area contributed by atoms with E-state index in [2.05, 4.69) is 94.2 Å². The molecular weight excluding hydrogens is 510 g/mol. The lowest BCUT2D eigenvalue weighted by Crippen LogP contribution is -2.33. The molecule has 38 heavy (non-hydrogen) atoms. The first kappa shape index (κ1) is 25.0. The van der Waals surface area contributed by atoms with Crippen molar-refractivity contribution >= 4 is 40.3 Å². The molecule has 0 aliphatic carbocycles. The van der Waals surface area contributed by atoms with Gasteiger partial charge in [0.2, 0.25) is 0 Å². The van der Waals surface area contributed by atoms with Gasteiger partial charge < -0.3 is 19.7 Å². The van der Waals surface area contributed by atoms with Crippen molar-refractivity contribution in [1.82, 2.24) is 14.9 Å². The highest BCUT2D eigenvalue weighted by Crippen LogP contribution is 2.44. The predicted molar refractivity (Wildman–Crippen MR) is 161 cm³/mol. The summed E-state index contributed by atoms with van der Waals surface area (Å²) in [5.74, 6) is 0.769. The molecule has 0 radical (unpaired) electrons. The van der Waals surface area contributed by atoms with Gasteiger partial charge in [0.1, 0.15) is 6.04 Å². The summed E-state index contributed by atoms with van der Waals surface area (Å²) in [6, 6.07) is 27.0. The van der Waals surface area contributed by atoms with Crippen molar-refractivity contribution in [2.75, 3.05) is 22.9 Å². The molecule has 5 nitrogen and oxygen atoms in total. The zero-order chi connectivity index (χ0) is 26.2. The molecule has 2 saturated heterocycles. The second-order valence-corrected chi connectivity index (χ2v) is 11.2. The first-order valence-corrected chi connectivity index (χ1v) is 14.1. The monoisotopic (exact) mass is 541 g/mol. The van der Waals surface area contributed by atoms with Crippen molar-refractivity contribution < 1.29 is 0 Å². The first-order chi connectivity index (χ1) is 18.5. The third-order valence-corrected chi connectivity index (χ3v) is 8.47. The molecule has 4 aromatic rings. The second kappa shape index (κ2) is 10.4. The molecule has 2 aliphatic rings. The van der Waals surface area contributed by atoms with Crippen molar-refractivity contribution in [2.45, 2.75) is 38.8 Å². The van der Waals surface area contributed by atoms with E-state index in [0.717, 1.165) is 58.2 Å². The van der Waals surface area contributed by atoms with Gasteiger partial charge >= 0.3 is 0 Å². The van der Waals surface area contributed by atoms with E-state index in [4.69, 9.17) is 28.8 Å². The molecular formula is C31H32ClN5S. The average molecular weight is 542 g/mol. The molecule has 1 N–H and O–H groups in total. The number of rotatable bonds is 5. The Bertz CT molecular complexity index is 1430. The van der Waals surface area contributed by atoms with Crippen LogP contribution < -0.4 is 15.1 Å². The van der Waals surface area contributed by atoms with Crippen LogP contribution in [0.25, 0.3) is 5.69 Å². The molecule has 0 saturated carbocycles. The normalized spacial score (nSPS) is 20.1. The maximum Gasteiger partial charge on any atom is 0.174 e. The summed E-state index contributed by atoms with van der Waals surface area (Å²) in [4.78, 5) is 9.33. The molecule has 7 heteroatoms. The maximum atomic E-state index is 6.95. The minimum atomic E-state index is -0.123. The van der Waals surface area contributed by atoms with Gasteiger partial charge in [0.15, 0.2) is 5.11 Å². The molecule has 4 heterocycles. The van der Waals surface area contributed by atoms with E-state index in [0.29, 0.717) is 5.11 Å². The minimum Gasteiger partial charge on any atom is -0.370 e. The zero-order valence-electron chi connectivity index (χ0n) is 21.7. The Hall–Kier alpha value is -3.35. The summed E-state index contributed by atoms with van der Waals surface area (Å²) >= 11 is 12.9. The molecule has 2 fully saturated rings. The molecule has 2 aliphatic heterocycles. The Morgan fingerprint density at radius 3 is 2.39 bits per heavy atom. The second-order valence-electron chi connectivity index (χ2n) is 10.4. The van der Waals surface area contributed by atoms with E-state index in [1.807, 2.05) is 24.4 Å². The van der Waals surface area contributed by atoms with Crippen molar-refractivity contribution in [2.24, 2.45) is 5.92 Å². The summed E-state index contributed by atoms with van der Waals surface area (Å²) in [5.41, 5.74) is 6.45. The highest BCUT2D eigenvalue weighted by Gasteiger charge is 2.42. The number of aryl methyl sites for hydroxylation is 1. The molecule has 0 spiro atoms. The number of halogens is 1. The van der Waals surface area contributed by atoms with Crippen LogP contribution in [0.3, 0.4) is 0 Å². The van der Waals surface area contributed by atoms with Gasteiger partial charge in [-0.2, -0.15) is 0 Å². The lowest BCUT2D eigenvalue weighted by atomic mass is 9.98. The topological polar surface area (TPSA) is 36.3 Å². The fourth-order valence-electron chi connectivity index (χ4n) is 5.80. The van der Waals surface area contributed by atoms with Crippen LogP contribution in [0.5, 0.6) is 0 Å². The van der Waals surface area contributed by atoms with E-state index >= 15 is 0 Å². The summed E-state index contributed by atoms with van der Waals surface area (Å²) in [6.45, 7) is 6.55. The number of thiocarbonyl (C=S) groups is 1. The van der Waals surface area contributed by atoms with E-state index in [-0.39, 0.29) is 12.1 Å². The third-order valence-electron chi connectivity index (χ3n) is 7.86. The number of piperidine rings is 1. The molecule has 0 unspecified atom stereocenters. The predicted octanol–water partition coefficient (Wildman–Crippen LogP) is 7.25. The van der Waals surface area contributed by atoms with Crippen LogP contribution in [0.4, 0.5) is 11.4 Å². The zero-order valence-corrected chi connectivity index (χ0v) is 23.3. The van der Waals surface area contributed by atoms with Gasteiger partial charge in [-0.3, -0.25) is 4.98 Å². The van der Waals surface area contributed by atoms with Gasteiger partial charge in [-0.1, -0.05) is 42.8 Å². The average Bonchev–Trinajstić information content (AvgIpc) is 3.49. The van der Waals surface area contributed by atoms with Gasteiger partial charge in [0.05, 0.1) is 22.4 Å². The lowest BCUT2D eigenvalue weighted by molar-refractivity contribution is 0.438. The fraction of sp³-hybridized carbons (Fsp3) is 0.290. The van der Waals surface area contributed by atoms with Crippen molar-refractivity contribution in [1.29, 1.82) is 0 Å². The minimum absolute atomic E-state index is 0.121. The van der Waals surface area contributed by atoms with Crippen LogP contribution in [0.15, 0.2) is 85.1 Å². The van der Waals surface area contributed by atoms with Crippen LogP contribution in [0.2, 0.25) is 5.02 Å². The SMILES string of the molecule is Cc1ccc([C@@H]2[C@H](c3ccccn3)NC(=S)N2c2ccc(N3CCC(C)CC3)c(Cl)c2)n1-c1ccccc1. The Kier molecular flexibility index (Phi) is 6.85. The van der Waals surface area contributed by atoms with E-state index in [9.17, 15) is 0 Å². The summed E-state index contributed by atoms with van der Waals surface area (Å²) in [6.07, 6.45) is 4.23. The van der Waals surface area contributed by atoms with Crippen LogP contribution in [-0.4, -0.2) is 27.8 Å². The standard InChI is InChI=1S/C31H32ClN5S/c1-21-15-18-35(19-16-21)27-14-12-24(20-25(27)32)37-30(29(34-31(37)38)26-10-6-7-17-33-26)28-13-11-22(2)36(28)23-8-4-3-5-9-23/h3-14,17,20-21,29-30H,15-16,18-19H2,1-2H3,(H,34,38)/t29-,30+/m0/s1. The number of hydrogen-bond acceptors (Lipinski definition) is 3. The lowest BCUT2D eigenvalue weighted by Gasteiger charge is -2.34. The molecule has 194 valence electrons. The molecule has 2 aromatic carbocycles. The van der Waals surface area contributed by atoms with Crippen molar-refractivity contribution in [3.8, 4) is 5.69 Å². The Labute approximate surface area is 235 Å². The smallest absolute Gasteiger partial charge is 0.174 e. The largest absolute Gasteiger partial charge is 0.370 e. The van der Waals surface area contributed by atoms with Gasteiger partial charge in [-0.05, 0) is 92.5 Å². The summed E-state index contributed by atoms with van der Waals surface area (Å²) in [5, 5.41) is 5.01. The molecule has 0 amide bonds. The van der Waals surface area contributed by atoms with Gasteiger partial charge in [0, 0.05) is 42.0 Å². The quantitative estimate of drug-likeness (QED) is 0.269. The van der Waals surface area contributed by atoms with E-state index < -0.39 is 0 Å². The van der Waals surface area contributed by atoms with Gasteiger partial charge in [0.25, 0.3) is 0 Å². The first-order valence-electron chi connectivity index (χ1n) is 13.3. The van der Waals surface area contributed by atoms with Crippen molar-refractivity contribution in [3.63, 3.8) is 0 Å².